The molecule has 0 saturated heterocycles. The molecule has 110 valence electrons. The largest absolute Gasteiger partial charge is 0.391 e. The van der Waals surface area contributed by atoms with Gasteiger partial charge in [-0.2, -0.15) is 0 Å². The second kappa shape index (κ2) is 7.18. The fraction of sp³-hybridized carbons (Fsp3) is 0.533. The van der Waals surface area contributed by atoms with Crippen molar-refractivity contribution in [3.05, 3.63) is 34.1 Å². The van der Waals surface area contributed by atoms with Gasteiger partial charge in [-0.25, -0.2) is 4.39 Å². The highest BCUT2D eigenvalue weighted by Crippen LogP contribution is 2.27. The van der Waals surface area contributed by atoms with Crippen LogP contribution in [0.15, 0.2) is 22.7 Å². The molecule has 0 aromatic heterocycles. The molecule has 1 fully saturated rings. The molecule has 1 aliphatic rings. The lowest BCUT2D eigenvalue weighted by atomic mass is 10.0. The van der Waals surface area contributed by atoms with Gasteiger partial charge in [0.15, 0.2) is 0 Å². The van der Waals surface area contributed by atoms with Gasteiger partial charge in [-0.15, -0.1) is 0 Å². The quantitative estimate of drug-likeness (QED) is 0.863. The Morgan fingerprint density at radius 2 is 2.15 bits per heavy atom. The van der Waals surface area contributed by atoms with Gasteiger partial charge in [-0.05, 0) is 52.4 Å². The Labute approximate surface area is 126 Å². The molecule has 20 heavy (non-hydrogen) atoms. The summed E-state index contributed by atoms with van der Waals surface area (Å²) in [4.78, 5) is 11.8. The van der Waals surface area contributed by atoms with Gasteiger partial charge in [0.1, 0.15) is 5.82 Å². The summed E-state index contributed by atoms with van der Waals surface area (Å²) in [5.74, 6) is -0.179. The van der Waals surface area contributed by atoms with Gasteiger partial charge >= 0.3 is 0 Å². The molecule has 3 nitrogen and oxygen atoms in total. The zero-order chi connectivity index (χ0) is 14.5. The number of aliphatic hydroxyl groups excluding tert-OH is 1. The first-order valence-electron chi connectivity index (χ1n) is 6.95. The van der Waals surface area contributed by atoms with Gasteiger partial charge < -0.3 is 10.4 Å². The minimum atomic E-state index is -0.457. The number of hydrogen-bond donors (Lipinski definition) is 2. The number of carbonyl (C=O) groups excluding carboxylic acids is 1. The normalized spacial score (nSPS) is 17.1. The third-order valence-corrected chi connectivity index (χ3v) is 4.41. The van der Waals surface area contributed by atoms with Crippen LogP contribution in [0.2, 0.25) is 0 Å². The van der Waals surface area contributed by atoms with Gasteiger partial charge in [0, 0.05) is 6.54 Å². The van der Waals surface area contributed by atoms with Crippen LogP contribution in [-0.2, 0) is 11.2 Å². The van der Waals surface area contributed by atoms with Crippen LogP contribution >= 0.6 is 15.9 Å². The third kappa shape index (κ3) is 4.28. The van der Waals surface area contributed by atoms with Crippen molar-refractivity contribution in [2.45, 2.75) is 38.2 Å². The van der Waals surface area contributed by atoms with E-state index in [1.54, 1.807) is 12.1 Å². The SMILES string of the molecule is O=C(Cc1ccc(F)c(Br)c1)NCC(O)C1CCCC1. The summed E-state index contributed by atoms with van der Waals surface area (Å²) in [5, 5.41) is 12.7. The van der Waals surface area contributed by atoms with E-state index in [-0.39, 0.29) is 18.1 Å². The second-order valence-corrected chi connectivity index (χ2v) is 6.20. The molecule has 2 N–H and O–H groups in total. The van der Waals surface area contributed by atoms with Crippen LogP contribution in [0.1, 0.15) is 31.2 Å². The summed E-state index contributed by atoms with van der Waals surface area (Å²) in [6.07, 6.45) is 4.15. The van der Waals surface area contributed by atoms with Crippen molar-refractivity contribution in [1.29, 1.82) is 0 Å². The lowest BCUT2D eigenvalue weighted by Gasteiger charge is -2.18. The Balaban J connectivity index is 1.78. The fourth-order valence-corrected chi connectivity index (χ4v) is 3.05. The molecule has 0 aliphatic heterocycles. The van der Waals surface area contributed by atoms with Crippen molar-refractivity contribution in [1.82, 2.24) is 5.32 Å². The second-order valence-electron chi connectivity index (χ2n) is 5.34. The molecular weight excluding hydrogens is 325 g/mol. The van der Waals surface area contributed by atoms with Crippen molar-refractivity contribution < 1.29 is 14.3 Å². The number of nitrogens with one attached hydrogen (secondary N) is 1. The summed E-state index contributed by atoms with van der Waals surface area (Å²) in [7, 11) is 0. The first-order valence-corrected chi connectivity index (χ1v) is 7.74. The van der Waals surface area contributed by atoms with Crippen LogP contribution in [-0.4, -0.2) is 23.7 Å². The molecule has 1 aromatic rings. The maximum Gasteiger partial charge on any atom is 0.224 e. The predicted molar refractivity (Wildman–Crippen MR) is 78.8 cm³/mol. The molecule has 0 spiro atoms. The summed E-state index contributed by atoms with van der Waals surface area (Å²) in [6, 6.07) is 4.52. The third-order valence-electron chi connectivity index (χ3n) is 3.80. The minimum absolute atomic E-state index is 0.152. The summed E-state index contributed by atoms with van der Waals surface area (Å²) in [5.41, 5.74) is 0.742. The first-order chi connectivity index (χ1) is 9.56. The van der Waals surface area contributed by atoms with Crippen LogP contribution in [0, 0.1) is 11.7 Å². The smallest absolute Gasteiger partial charge is 0.224 e. The molecule has 1 aromatic carbocycles. The number of rotatable bonds is 5. The maximum atomic E-state index is 13.1. The number of hydrogen-bond acceptors (Lipinski definition) is 2. The zero-order valence-corrected chi connectivity index (χ0v) is 12.8. The molecule has 0 radical (unpaired) electrons. The minimum Gasteiger partial charge on any atom is -0.391 e. The van der Waals surface area contributed by atoms with E-state index in [0.717, 1.165) is 18.4 Å². The molecule has 1 atom stereocenters. The first kappa shape index (κ1) is 15.4. The number of amides is 1. The van der Waals surface area contributed by atoms with E-state index in [2.05, 4.69) is 21.2 Å². The number of benzene rings is 1. The molecule has 0 heterocycles. The Morgan fingerprint density at radius 3 is 2.80 bits per heavy atom. The molecule has 1 saturated carbocycles. The van der Waals surface area contributed by atoms with Crippen LogP contribution < -0.4 is 5.32 Å². The van der Waals surface area contributed by atoms with Crippen LogP contribution in [0.4, 0.5) is 4.39 Å². The Hall–Kier alpha value is -0.940. The Morgan fingerprint density at radius 1 is 1.45 bits per heavy atom. The monoisotopic (exact) mass is 343 g/mol. The van der Waals surface area contributed by atoms with E-state index < -0.39 is 6.10 Å². The summed E-state index contributed by atoms with van der Waals surface area (Å²) < 4.78 is 13.4. The van der Waals surface area contributed by atoms with Crippen molar-refractivity contribution in [2.24, 2.45) is 5.92 Å². The molecule has 1 unspecified atom stereocenters. The number of carbonyl (C=O) groups is 1. The van der Waals surface area contributed by atoms with Crippen LogP contribution in [0.5, 0.6) is 0 Å². The highest BCUT2D eigenvalue weighted by atomic mass is 79.9. The summed E-state index contributed by atoms with van der Waals surface area (Å²) in [6.45, 7) is 0.297. The van der Waals surface area contributed by atoms with Gasteiger partial charge in [-0.1, -0.05) is 18.9 Å². The summed E-state index contributed by atoms with van der Waals surface area (Å²) >= 11 is 3.10. The number of aliphatic hydroxyl groups is 1. The van der Waals surface area contributed by atoms with E-state index >= 15 is 0 Å². The Kier molecular flexibility index (Phi) is 5.54. The van der Waals surface area contributed by atoms with Crippen molar-refractivity contribution >= 4 is 21.8 Å². The number of halogens is 2. The highest BCUT2D eigenvalue weighted by molar-refractivity contribution is 9.10. The van der Waals surface area contributed by atoms with Crippen LogP contribution in [0.25, 0.3) is 0 Å². The molecule has 5 heteroatoms. The van der Waals surface area contributed by atoms with Crippen molar-refractivity contribution in [2.75, 3.05) is 6.54 Å². The molecule has 2 rings (SSSR count). The molecule has 1 aliphatic carbocycles. The topological polar surface area (TPSA) is 49.3 Å². The highest BCUT2D eigenvalue weighted by Gasteiger charge is 2.23. The Bertz CT molecular complexity index is 475. The predicted octanol–water partition coefficient (Wildman–Crippen LogP) is 2.80. The van der Waals surface area contributed by atoms with Crippen molar-refractivity contribution in [3.63, 3.8) is 0 Å². The average Bonchev–Trinajstić information content (AvgIpc) is 2.94. The lowest BCUT2D eigenvalue weighted by molar-refractivity contribution is -0.121. The van der Waals surface area contributed by atoms with E-state index in [1.807, 2.05) is 0 Å². The van der Waals surface area contributed by atoms with Gasteiger partial charge in [0.2, 0.25) is 5.91 Å². The van der Waals surface area contributed by atoms with Gasteiger partial charge in [-0.3, -0.25) is 4.79 Å². The van der Waals surface area contributed by atoms with Crippen LogP contribution in [0.3, 0.4) is 0 Å². The van der Waals surface area contributed by atoms with Gasteiger partial charge in [0.25, 0.3) is 0 Å². The molecule has 0 bridgehead atoms. The average molecular weight is 344 g/mol. The zero-order valence-electron chi connectivity index (χ0n) is 11.2. The van der Waals surface area contributed by atoms with E-state index in [0.29, 0.717) is 16.9 Å². The van der Waals surface area contributed by atoms with E-state index in [4.69, 9.17) is 0 Å². The maximum absolute atomic E-state index is 13.1. The van der Waals surface area contributed by atoms with E-state index in [9.17, 15) is 14.3 Å². The molecular formula is C15H19BrFNO2. The standard InChI is InChI=1S/C15H19BrFNO2/c16-12-7-10(5-6-13(12)17)8-15(20)18-9-14(19)11-3-1-2-4-11/h5-7,11,14,19H,1-4,8-9H2,(H,18,20). The lowest BCUT2D eigenvalue weighted by Crippen LogP contribution is -2.36. The van der Waals surface area contributed by atoms with E-state index in [1.165, 1.54) is 18.9 Å². The molecule has 1 amide bonds. The van der Waals surface area contributed by atoms with Gasteiger partial charge in [0.05, 0.1) is 17.0 Å². The van der Waals surface area contributed by atoms with Crippen molar-refractivity contribution in [3.8, 4) is 0 Å². The fourth-order valence-electron chi connectivity index (χ4n) is 2.62.